The van der Waals surface area contributed by atoms with Gasteiger partial charge < -0.3 is 5.73 Å². The molecule has 0 bridgehead atoms. The number of nitro groups is 1. The number of nitrogens with two attached hydrogens (primary N) is 1. The summed E-state index contributed by atoms with van der Waals surface area (Å²) in [5.74, 6) is -10.6. The summed E-state index contributed by atoms with van der Waals surface area (Å²) in [7, 11) is 0. The van der Waals surface area contributed by atoms with Gasteiger partial charge in [-0.2, -0.15) is 0 Å². The van der Waals surface area contributed by atoms with Gasteiger partial charge in [0, 0.05) is 6.07 Å². The SMILES string of the molecule is Nc1c(F)c(F)c(C(=O)N(c2ccc(F)cc2C2CC2)c2ccc([N+](=O)[O-])c3nonc23)c(F)c1F. The van der Waals surface area contributed by atoms with Crippen LogP contribution in [0.25, 0.3) is 11.0 Å². The number of fused-ring (bicyclic) bond motifs is 1. The molecule has 9 nitrogen and oxygen atoms in total. The second-order valence-corrected chi connectivity index (χ2v) is 7.98. The van der Waals surface area contributed by atoms with Crippen molar-refractivity contribution >= 4 is 39.7 Å². The monoisotopic (exact) mass is 505 g/mol. The summed E-state index contributed by atoms with van der Waals surface area (Å²) in [5, 5.41) is 18.4. The molecule has 4 aromatic rings. The van der Waals surface area contributed by atoms with Gasteiger partial charge in [-0.3, -0.25) is 19.8 Å². The van der Waals surface area contributed by atoms with Crippen molar-refractivity contribution in [2.45, 2.75) is 18.8 Å². The molecular formula is C22H12F5N5O4. The second kappa shape index (κ2) is 8.25. The fourth-order valence-corrected chi connectivity index (χ4v) is 3.92. The predicted octanol–water partition coefficient (Wildman–Crippen LogP) is 5.26. The first-order valence-corrected chi connectivity index (χ1v) is 10.3. The number of anilines is 3. The Hall–Kier alpha value is -4.62. The van der Waals surface area contributed by atoms with Crippen LogP contribution in [0.1, 0.15) is 34.7 Å². The van der Waals surface area contributed by atoms with Gasteiger partial charge >= 0.3 is 5.69 Å². The van der Waals surface area contributed by atoms with Crippen LogP contribution in [-0.4, -0.2) is 21.1 Å². The molecule has 1 aliphatic rings. The molecule has 0 unspecified atom stereocenters. The van der Waals surface area contributed by atoms with E-state index in [1.165, 1.54) is 0 Å². The van der Waals surface area contributed by atoms with Crippen LogP contribution in [0.5, 0.6) is 0 Å². The van der Waals surface area contributed by atoms with E-state index in [0.717, 1.165) is 30.3 Å². The smallest absolute Gasteiger partial charge is 0.300 e. The van der Waals surface area contributed by atoms with Gasteiger partial charge in [0.15, 0.2) is 28.8 Å². The van der Waals surface area contributed by atoms with E-state index in [-0.39, 0.29) is 28.4 Å². The summed E-state index contributed by atoms with van der Waals surface area (Å²) in [6.07, 6.45) is 1.21. The van der Waals surface area contributed by atoms with Gasteiger partial charge in [0.2, 0.25) is 5.52 Å². The Labute approximate surface area is 197 Å². The first-order valence-electron chi connectivity index (χ1n) is 10.3. The van der Waals surface area contributed by atoms with Gasteiger partial charge in [0.1, 0.15) is 17.1 Å². The van der Waals surface area contributed by atoms with Gasteiger partial charge in [-0.1, -0.05) is 0 Å². The highest BCUT2D eigenvalue weighted by Crippen LogP contribution is 2.47. The van der Waals surface area contributed by atoms with Crippen molar-refractivity contribution in [1.29, 1.82) is 0 Å². The highest BCUT2D eigenvalue weighted by atomic mass is 19.2. The van der Waals surface area contributed by atoms with Crippen molar-refractivity contribution in [2.24, 2.45) is 0 Å². The Balaban J connectivity index is 1.82. The molecule has 184 valence electrons. The van der Waals surface area contributed by atoms with Gasteiger partial charge in [0.05, 0.1) is 16.3 Å². The van der Waals surface area contributed by atoms with Crippen molar-refractivity contribution < 1.29 is 36.3 Å². The van der Waals surface area contributed by atoms with Crippen LogP contribution in [0.3, 0.4) is 0 Å². The lowest BCUT2D eigenvalue weighted by Gasteiger charge is -2.26. The van der Waals surface area contributed by atoms with E-state index in [0.29, 0.717) is 17.7 Å². The molecule has 5 rings (SSSR count). The number of aromatic nitrogens is 2. The highest BCUT2D eigenvalue weighted by Gasteiger charge is 2.37. The number of benzene rings is 3. The third-order valence-electron chi connectivity index (χ3n) is 5.77. The van der Waals surface area contributed by atoms with Crippen LogP contribution in [0, 0.1) is 39.2 Å². The normalized spacial score (nSPS) is 13.2. The molecule has 1 aromatic heterocycles. The van der Waals surface area contributed by atoms with Crippen molar-refractivity contribution in [3.05, 3.63) is 80.7 Å². The number of hydrogen-bond acceptors (Lipinski definition) is 7. The van der Waals surface area contributed by atoms with Gasteiger partial charge in [0.25, 0.3) is 5.91 Å². The van der Waals surface area contributed by atoms with Crippen LogP contribution < -0.4 is 10.6 Å². The average Bonchev–Trinajstić information content (AvgIpc) is 3.58. The number of nitrogens with zero attached hydrogens (tertiary/aromatic N) is 4. The average molecular weight is 505 g/mol. The zero-order valence-electron chi connectivity index (χ0n) is 17.8. The number of carbonyl (C=O) groups excluding carboxylic acids is 1. The summed E-state index contributed by atoms with van der Waals surface area (Å²) in [5.41, 5.74) is 0.431. The number of nitro benzene ring substituents is 1. The summed E-state index contributed by atoms with van der Waals surface area (Å²) in [6.45, 7) is 0. The molecule has 0 aliphatic heterocycles. The molecule has 14 heteroatoms. The minimum Gasteiger partial charge on any atom is -0.394 e. The number of hydrogen-bond donors (Lipinski definition) is 1. The van der Waals surface area contributed by atoms with Crippen molar-refractivity contribution in [3.63, 3.8) is 0 Å². The summed E-state index contributed by atoms with van der Waals surface area (Å²) in [4.78, 5) is 24.8. The molecule has 0 atom stereocenters. The van der Waals surface area contributed by atoms with E-state index >= 15 is 0 Å². The lowest BCUT2D eigenvalue weighted by atomic mass is 10.0. The maximum atomic E-state index is 14.8. The molecule has 3 aromatic carbocycles. The third-order valence-corrected chi connectivity index (χ3v) is 5.77. The molecule has 0 saturated heterocycles. The fourth-order valence-electron chi connectivity index (χ4n) is 3.92. The number of nitrogen functional groups attached to an aromatic ring is 1. The van der Waals surface area contributed by atoms with Crippen LogP contribution in [0.4, 0.5) is 44.7 Å². The molecule has 1 saturated carbocycles. The van der Waals surface area contributed by atoms with E-state index in [1.54, 1.807) is 0 Å². The summed E-state index contributed by atoms with van der Waals surface area (Å²) in [6, 6.07) is 5.14. The molecule has 2 N–H and O–H groups in total. The molecule has 1 heterocycles. The van der Waals surface area contributed by atoms with E-state index in [1.807, 2.05) is 0 Å². The Kier molecular flexibility index (Phi) is 5.30. The molecule has 1 fully saturated rings. The molecular weight excluding hydrogens is 493 g/mol. The van der Waals surface area contributed by atoms with E-state index in [4.69, 9.17) is 5.73 Å². The van der Waals surface area contributed by atoms with Gasteiger partial charge in [-0.25, -0.2) is 26.6 Å². The largest absolute Gasteiger partial charge is 0.394 e. The summed E-state index contributed by atoms with van der Waals surface area (Å²) >= 11 is 0. The number of amides is 1. The Morgan fingerprint density at radius 3 is 2.19 bits per heavy atom. The molecule has 36 heavy (non-hydrogen) atoms. The van der Waals surface area contributed by atoms with Crippen molar-refractivity contribution in [3.8, 4) is 0 Å². The zero-order chi connectivity index (χ0) is 25.9. The summed E-state index contributed by atoms with van der Waals surface area (Å²) < 4.78 is 76.8. The maximum absolute atomic E-state index is 14.8. The highest BCUT2D eigenvalue weighted by molar-refractivity contribution is 6.15. The van der Waals surface area contributed by atoms with Crippen molar-refractivity contribution in [2.75, 3.05) is 10.6 Å². The third kappa shape index (κ3) is 3.49. The number of rotatable bonds is 5. The topological polar surface area (TPSA) is 128 Å². The fraction of sp³-hybridized carbons (Fsp3) is 0.136. The molecule has 1 aliphatic carbocycles. The lowest BCUT2D eigenvalue weighted by molar-refractivity contribution is -0.383. The van der Waals surface area contributed by atoms with Crippen LogP contribution >= 0.6 is 0 Å². The number of halogens is 5. The molecule has 0 spiro atoms. The minimum absolute atomic E-state index is 0.0986. The van der Waals surface area contributed by atoms with E-state index < -0.39 is 62.4 Å². The van der Waals surface area contributed by atoms with E-state index in [9.17, 15) is 36.9 Å². The predicted molar refractivity (Wildman–Crippen MR) is 114 cm³/mol. The maximum Gasteiger partial charge on any atom is 0.300 e. The lowest BCUT2D eigenvalue weighted by Crippen LogP contribution is -2.30. The molecule has 0 radical (unpaired) electrons. The van der Waals surface area contributed by atoms with E-state index in [2.05, 4.69) is 14.9 Å². The second-order valence-electron chi connectivity index (χ2n) is 7.98. The standard InChI is InChI=1S/C22H12F5N5O4/c23-9-3-4-11(10(7-9)8-1-2-8)31(12-5-6-13(32(34)35)21-20(12)29-36-30-21)22(33)14-15(24)17(26)19(28)18(27)16(14)25/h3-8H,1-2,28H2. The first kappa shape index (κ1) is 23.1. The minimum atomic E-state index is -2.06. The molecule has 1 amide bonds. The van der Waals surface area contributed by atoms with Crippen LogP contribution in [0.15, 0.2) is 35.0 Å². The Morgan fingerprint density at radius 2 is 1.58 bits per heavy atom. The van der Waals surface area contributed by atoms with Crippen LogP contribution in [0.2, 0.25) is 0 Å². The zero-order valence-corrected chi connectivity index (χ0v) is 17.8. The van der Waals surface area contributed by atoms with Gasteiger partial charge in [-0.15, -0.1) is 0 Å². The van der Waals surface area contributed by atoms with Crippen LogP contribution in [-0.2, 0) is 0 Å². The first-order chi connectivity index (χ1) is 17.1. The number of carbonyl (C=O) groups is 1. The Bertz CT molecular complexity index is 1560. The van der Waals surface area contributed by atoms with Gasteiger partial charge in [-0.05, 0) is 58.9 Å². The Morgan fingerprint density at radius 1 is 0.972 bits per heavy atom. The quantitative estimate of drug-likeness (QED) is 0.129. The van der Waals surface area contributed by atoms with Crippen molar-refractivity contribution in [1.82, 2.24) is 10.3 Å². The number of non-ortho nitro benzene ring substituents is 1.